The third-order valence-electron chi connectivity index (χ3n) is 5.57. The largest absolute Gasteiger partial charge is 0.352 e. The summed E-state index contributed by atoms with van der Waals surface area (Å²) in [5.74, 6) is 1.18. The van der Waals surface area contributed by atoms with E-state index in [0.717, 1.165) is 24.6 Å². The zero-order chi connectivity index (χ0) is 19.0. The summed E-state index contributed by atoms with van der Waals surface area (Å²) in [5, 5.41) is 4.59. The molecule has 1 atom stereocenters. The number of carbonyl (C=O) groups excluding carboxylic acids is 2. The van der Waals surface area contributed by atoms with Crippen LogP contribution in [0.4, 0.5) is 5.82 Å². The number of nitrogens with zero attached hydrogens (tertiary/aromatic N) is 6. The minimum Gasteiger partial charge on any atom is -0.352 e. The summed E-state index contributed by atoms with van der Waals surface area (Å²) >= 11 is 0. The number of amides is 2. The first-order valence-electron chi connectivity index (χ1n) is 9.66. The monoisotopic (exact) mass is 370 g/mol. The van der Waals surface area contributed by atoms with Crippen LogP contribution in [0, 0.1) is 5.92 Å². The van der Waals surface area contributed by atoms with Crippen molar-refractivity contribution >= 4 is 23.3 Å². The Bertz CT molecular complexity index is 840. The molecular formula is C19H26N6O2. The van der Waals surface area contributed by atoms with E-state index in [1.165, 1.54) is 0 Å². The van der Waals surface area contributed by atoms with E-state index in [4.69, 9.17) is 0 Å². The summed E-state index contributed by atoms with van der Waals surface area (Å²) in [4.78, 5) is 35.2. The number of hydrogen-bond donors (Lipinski definition) is 0. The van der Waals surface area contributed by atoms with Crippen molar-refractivity contribution in [2.75, 3.05) is 37.6 Å². The predicted octanol–water partition coefficient (Wildman–Crippen LogP) is 1.02. The molecule has 8 heteroatoms. The molecule has 144 valence electrons. The Kier molecular flexibility index (Phi) is 4.72. The third-order valence-corrected chi connectivity index (χ3v) is 5.57. The Morgan fingerprint density at radius 1 is 1.19 bits per heavy atom. The Balaban J connectivity index is 1.37. The molecule has 0 N–H and O–H groups in total. The number of piperidine rings is 1. The van der Waals surface area contributed by atoms with Gasteiger partial charge in [0.05, 0.1) is 5.92 Å². The number of rotatable bonds is 3. The van der Waals surface area contributed by atoms with Crippen LogP contribution < -0.4 is 4.90 Å². The molecule has 2 aliphatic rings. The van der Waals surface area contributed by atoms with Crippen molar-refractivity contribution in [2.24, 2.45) is 5.92 Å². The standard InChI is InChI=1S/C19H26N6O2/c1-14(2)24-13-15(3-6-18(24)26)19(27)23-11-9-22(10-12-23)17-5-4-16-20-7-8-25(16)21-17/h4-5,7-8,14-15H,3,6,9-13H2,1-2H3/t15-/m0/s1. The van der Waals surface area contributed by atoms with Gasteiger partial charge >= 0.3 is 0 Å². The van der Waals surface area contributed by atoms with E-state index in [2.05, 4.69) is 15.0 Å². The lowest BCUT2D eigenvalue weighted by molar-refractivity contribution is -0.144. The second kappa shape index (κ2) is 7.17. The maximum Gasteiger partial charge on any atom is 0.227 e. The van der Waals surface area contributed by atoms with E-state index in [-0.39, 0.29) is 23.8 Å². The van der Waals surface area contributed by atoms with Crippen molar-refractivity contribution in [3.05, 3.63) is 24.5 Å². The third kappa shape index (κ3) is 3.48. The predicted molar refractivity (Wildman–Crippen MR) is 101 cm³/mol. The molecule has 2 aromatic rings. The molecule has 0 radical (unpaired) electrons. The fourth-order valence-electron chi connectivity index (χ4n) is 3.96. The molecule has 0 spiro atoms. The zero-order valence-electron chi connectivity index (χ0n) is 15.9. The maximum atomic E-state index is 13.0. The average molecular weight is 370 g/mol. The lowest BCUT2D eigenvalue weighted by atomic mass is 9.94. The van der Waals surface area contributed by atoms with E-state index in [9.17, 15) is 9.59 Å². The van der Waals surface area contributed by atoms with Crippen LogP contribution in [0.2, 0.25) is 0 Å². The van der Waals surface area contributed by atoms with Crippen LogP contribution in [0.25, 0.3) is 5.65 Å². The van der Waals surface area contributed by atoms with Gasteiger partial charge in [-0.3, -0.25) is 9.59 Å². The highest BCUT2D eigenvalue weighted by Crippen LogP contribution is 2.23. The molecule has 2 amide bonds. The molecule has 0 aliphatic carbocycles. The molecule has 0 aromatic carbocycles. The van der Waals surface area contributed by atoms with Crippen molar-refractivity contribution in [1.29, 1.82) is 0 Å². The molecule has 8 nitrogen and oxygen atoms in total. The normalized spacial score (nSPS) is 21.4. The lowest BCUT2D eigenvalue weighted by Gasteiger charge is -2.40. The Morgan fingerprint density at radius 3 is 2.70 bits per heavy atom. The molecular weight excluding hydrogens is 344 g/mol. The fraction of sp³-hybridized carbons (Fsp3) is 0.579. The second-order valence-electron chi connectivity index (χ2n) is 7.61. The topological polar surface area (TPSA) is 74.1 Å². The van der Waals surface area contributed by atoms with Crippen LogP contribution in [0.5, 0.6) is 0 Å². The van der Waals surface area contributed by atoms with Crippen molar-refractivity contribution in [3.63, 3.8) is 0 Å². The van der Waals surface area contributed by atoms with Crippen LogP contribution in [0.1, 0.15) is 26.7 Å². The number of fused-ring (bicyclic) bond motifs is 1. The molecule has 4 heterocycles. The van der Waals surface area contributed by atoms with Gasteiger partial charge in [-0.25, -0.2) is 9.50 Å². The maximum absolute atomic E-state index is 13.0. The fourth-order valence-corrected chi connectivity index (χ4v) is 3.96. The van der Waals surface area contributed by atoms with Gasteiger partial charge in [-0.05, 0) is 32.4 Å². The lowest BCUT2D eigenvalue weighted by Crippen LogP contribution is -2.54. The number of aromatic nitrogens is 3. The van der Waals surface area contributed by atoms with Crippen LogP contribution in [-0.4, -0.2) is 75.0 Å². The first-order valence-corrected chi connectivity index (χ1v) is 9.66. The Hall–Kier alpha value is -2.64. The van der Waals surface area contributed by atoms with Crippen molar-refractivity contribution in [1.82, 2.24) is 24.4 Å². The van der Waals surface area contributed by atoms with Gasteiger partial charge in [0.15, 0.2) is 5.65 Å². The highest BCUT2D eigenvalue weighted by Gasteiger charge is 2.34. The summed E-state index contributed by atoms with van der Waals surface area (Å²) in [7, 11) is 0. The van der Waals surface area contributed by atoms with Gasteiger partial charge < -0.3 is 14.7 Å². The SMILES string of the molecule is CC(C)N1C[C@@H](C(=O)N2CCN(c3ccc4nccn4n3)CC2)CCC1=O. The van der Waals surface area contributed by atoms with E-state index < -0.39 is 0 Å². The van der Waals surface area contributed by atoms with Gasteiger partial charge in [0, 0.05) is 57.6 Å². The van der Waals surface area contributed by atoms with Crippen LogP contribution in [0.3, 0.4) is 0 Å². The summed E-state index contributed by atoms with van der Waals surface area (Å²) in [6, 6.07) is 4.08. The molecule has 2 aromatic heterocycles. The van der Waals surface area contributed by atoms with E-state index in [1.807, 2.05) is 42.0 Å². The molecule has 27 heavy (non-hydrogen) atoms. The zero-order valence-corrected chi connectivity index (χ0v) is 15.9. The number of likely N-dealkylation sites (tertiary alicyclic amines) is 1. The molecule has 2 aliphatic heterocycles. The molecule has 2 saturated heterocycles. The smallest absolute Gasteiger partial charge is 0.227 e. The second-order valence-corrected chi connectivity index (χ2v) is 7.61. The van der Waals surface area contributed by atoms with Gasteiger partial charge in [0.25, 0.3) is 0 Å². The highest BCUT2D eigenvalue weighted by atomic mass is 16.2. The number of hydrogen-bond acceptors (Lipinski definition) is 5. The van der Waals surface area contributed by atoms with Gasteiger partial charge in [0.2, 0.25) is 11.8 Å². The van der Waals surface area contributed by atoms with Gasteiger partial charge in [0.1, 0.15) is 5.82 Å². The number of imidazole rings is 1. The summed E-state index contributed by atoms with van der Waals surface area (Å²) < 4.78 is 1.77. The van der Waals surface area contributed by atoms with Crippen molar-refractivity contribution in [3.8, 4) is 0 Å². The molecule has 0 unspecified atom stereocenters. The Labute approximate surface area is 158 Å². The Morgan fingerprint density at radius 2 is 1.96 bits per heavy atom. The summed E-state index contributed by atoms with van der Waals surface area (Å²) in [5.41, 5.74) is 0.828. The van der Waals surface area contributed by atoms with Crippen molar-refractivity contribution in [2.45, 2.75) is 32.7 Å². The van der Waals surface area contributed by atoms with E-state index in [0.29, 0.717) is 32.5 Å². The molecule has 0 saturated carbocycles. The minimum atomic E-state index is -0.0722. The van der Waals surface area contributed by atoms with Crippen molar-refractivity contribution < 1.29 is 9.59 Å². The van der Waals surface area contributed by atoms with Crippen LogP contribution >= 0.6 is 0 Å². The molecule has 0 bridgehead atoms. The number of piperazine rings is 1. The van der Waals surface area contributed by atoms with Gasteiger partial charge in [-0.15, -0.1) is 5.10 Å². The van der Waals surface area contributed by atoms with Gasteiger partial charge in [-0.2, -0.15) is 0 Å². The summed E-state index contributed by atoms with van der Waals surface area (Å²) in [6.07, 6.45) is 4.71. The minimum absolute atomic E-state index is 0.0722. The first-order chi connectivity index (χ1) is 13.0. The average Bonchev–Trinajstić information content (AvgIpc) is 3.15. The quantitative estimate of drug-likeness (QED) is 0.807. The molecule has 2 fully saturated rings. The number of carbonyl (C=O) groups is 2. The van der Waals surface area contributed by atoms with E-state index in [1.54, 1.807) is 10.7 Å². The van der Waals surface area contributed by atoms with Crippen LogP contribution in [-0.2, 0) is 9.59 Å². The van der Waals surface area contributed by atoms with Crippen LogP contribution in [0.15, 0.2) is 24.5 Å². The number of anilines is 1. The molecule has 4 rings (SSSR count). The van der Waals surface area contributed by atoms with Gasteiger partial charge in [-0.1, -0.05) is 0 Å². The van der Waals surface area contributed by atoms with E-state index >= 15 is 0 Å². The first kappa shape index (κ1) is 17.8. The summed E-state index contributed by atoms with van der Waals surface area (Å²) in [6.45, 7) is 7.47. The highest BCUT2D eigenvalue weighted by molar-refractivity contribution is 5.84.